The van der Waals surface area contributed by atoms with Crippen LogP contribution in [-0.4, -0.2) is 24.1 Å². The van der Waals surface area contributed by atoms with E-state index in [-0.39, 0.29) is 0 Å². The summed E-state index contributed by atoms with van der Waals surface area (Å²) in [6, 6.07) is 51.8. The van der Waals surface area contributed by atoms with Gasteiger partial charge in [0.2, 0.25) is 5.95 Å². The van der Waals surface area contributed by atoms with E-state index in [2.05, 4.69) is 160 Å². The molecule has 11 aromatic rings. The molecule has 7 aromatic carbocycles. The maximum absolute atomic E-state index is 7.22. The average Bonchev–Trinajstić information content (AvgIpc) is 3.94. The van der Waals surface area contributed by atoms with E-state index in [1.54, 1.807) is 0 Å². The molecule has 0 saturated carbocycles. The van der Waals surface area contributed by atoms with E-state index in [0.29, 0.717) is 35.4 Å². The summed E-state index contributed by atoms with van der Waals surface area (Å²) in [7, 11) is 0. The summed E-state index contributed by atoms with van der Waals surface area (Å²) in [6.07, 6.45) is 0. The van der Waals surface area contributed by atoms with Crippen molar-refractivity contribution in [2.75, 3.05) is 0 Å². The van der Waals surface area contributed by atoms with Crippen LogP contribution in [0, 0.1) is 0 Å². The van der Waals surface area contributed by atoms with Gasteiger partial charge < -0.3 is 8.98 Å². The van der Waals surface area contributed by atoms with Crippen molar-refractivity contribution in [1.82, 2.24) is 24.1 Å². The highest BCUT2D eigenvalue weighted by Gasteiger charge is 2.30. The van der Waals surface area contributed by atoms with Crippen LogP contribution < -0.4 is 0 Å². The lowest BCUT2D eigenvalue weighted by Crippen LogP contribution is -2.06. The Kier molecular flexibility index (Phi) is 8.28. The Bertz CT molecular complexity index is 3390. The molecule has 292 valence electrons. The van der Waals surface area contributed by atoms with Crippen LogP contribution in [0.25, 0.3) is 100.0 Å². The first-order valence-electron chi connectivity index (χ1n) is 21.1. The van der Waals surface area contributed by atoms with Crippen LogP contribution >= 0.6 is 0 Å². The Hall–Kier alpha value is -7.05. The molecule has 6 nitrogen and oxygen atoms in total. The lowest BCUT2D eigenvalue weighted by Gasteiger charge is -2.12. The number of rotatable bonds is 7. The van der Waals surface area contributed by atoms with Gasteiger partial charge in [-0.05, 0) is 83.0 Å². The molecular formula is C54H45N5O. The van der Waals surface area contributed by atoms with Gasteiger partial charge in [0.25, 0.3) is 0 Å². The molecule has 0 aliphatic carbocycles. The molecule has 6 heteroatoms. The summed E-state index contributed by atoms with van der Waals surface area (Å²) >= 11 is 0. The molecule has 0 N–H and O–H groups in total. The Morgan fingerprint density at radius 2 is 0.883 bits per heavy atom. The van der Waals surface area contributed by atoms with Crippen molar-refractivity contribution in [2.24, 2.45) is 0 Å². The predicted octanol–water partition coefficient (Wildman–Crippen LogP) is 14.7. The highest BCUT2D eigenvalue weighted by Crippen LogP contribution is 2.50. The van der Waals surface area contributed by atoms with E-state index in [1.807, 2.05) is 36.4 Å². The van der Waals surface area contributed by atoms with Crippen LogP contribution in [0.4, 0.5) is 0 Å². The highest BCUT2D eigenvalue weighted by atomic mass is 16.3. The maximum Gasteiger partial charge on any atom is 0.238 e. The number of nitrogens with zero attached hydrogens (tertiary/aromatic N) is 5. The van der Waals surface area contributed by atoms with Crippen molar-refractivity contribution in [3.8, 4) is 34.4 Å². The first-order valence-corrected chi connectivity index (χ1v) is 21.1. The van der Waals surface area contributed by atoms with Crippen molar-refractivity contribution in [3.63, 3.8) is 0 Å². The standard InChI is InChI=1S/C54H45N5O/c1-31(2)36-23-26-44-40(28-36)46-49-47(41-29-37(32(3)4)22-25-43(41)58(49)39-20-14-9-15-21-39)51-48(42-30-38(33(5)6)24-27-45(42)60-51)50(46)59(44)54-56-52(34-16-10-7-11-17-34)55-53(57-54)35-18-12-8-13-19-35/h7-33H,1-6H3. The summed E-state index contributed by atoms with van der Waals surface area (Å²) in [5, 5.41) is 6.71. The smallest absolute Gasteiger partial charge is 0.238 e. The minimum Gasteiger partial charge on any atom is -0.455 e. The fraction of sp³-hybridized carbons (Fsp3) is 0.167. The molecule has 0 aliphatic rings. The van der Waals surface area contributed by atoms with Crippen LogP contribution in [0.5, 0.6) is 0 Å². The average molecular weight is 780 g/mol. The molecule has 0 unspecified atom stereocenters. The highest BCUT2D eigenvalue weighted by molar-refractivity contribution is 6.39. The van der Waals surface area contributed by atoms with Gasteiger partial charge in [0.05, 0.1) is 32.8 Å². The van der Waals surface area contributed by atoms with Gasteiger partial charge in [-0.25, -0.2) is 4.98 Å². The van der Waals surface area contributed by atoms with Crippen molar-refractivity contribution in [2.45, 2.75) is 59.3 Å². The van der Waals surface area contributed by atoms with E-state index in [4.69, 9.17) is 19.4 Å². The van der Waals surface area contributed by atoms with Gasteiger partial charge in [0.15, 0.2) is 11.6 Å². The van der Waals surface area contributed by atoms with E-state index < -0.39 is 0 Å². The van der Waals surface area contributed by atoms with Crippen molar-refractivity contribution in [1.29, 1.82) is 0 Å². The van der Waals surface area contributed by atoms with Gasteiger partial charge >= 0.3 is 0 Å². The van der Waals surface area contributed by atoms with Crippen LogP contribution in [0.3, 0.4) is 0 Å². The third-order valence-corrected chi connectivity index (χ3v) is 12.3. The molecular weight excluding hydrogens is 735 g/mol. The Morgan fingerprint density at radius 3 is 1.43 bits per heavy atom. The van der Waals surface area contributed by atoms with E-state index in [0.717, 1.165) is 77.0 Å². The van der Waals surface area contributed by atoms with Crippen LogP contribution in [0.15, 0.2) is 150 Å². The maximum atomic E-state index is 7.22. The molecule has 0 amide bonds. The zero-order valence-electron chi connectivity index (χ0n) is 34.7. The second-order valence-electron chi connectivity index (χ2n) is 17.0. The third-order valence-electron chi connectivity index (χ3n) is 12.3. The van der Waals surface area contributed by atoms with Crippen LogP contribution in [0.2, 0.25) is 0 Å². The second-order valence-corrected chi connectivity index (χ2v) is 17.0. The second kappa shape index (κ2) is 13.8. The number of furan rings is 1. The first kappa shape index (κ1) is 36.1. The SMILES string of the molecule is CC(C)c1ccc2oc3c4c5cc(C(C)C)ccc5n(-c5ccccc5)c4c4c5cc(C(C)C)ccc5n(-c5nc(-c6ccccc6)nc(-c6ccccc6)n5)c4c3c2c1. The minimum atomic E-state index is 0.315. The van der Waals surface area contributed by atoms with E-state index in [9.17, 15) is 0 Å². The zero-order valence-corrected chi connectivity index (χ0v) is 34.7. The quantitative estimate of drug-likeness (QED) is 0.162. The van der Waals surface area contributed by atoms with Gasteiger partial charge in [-0.1, -0.05) is 139 Å². The molecule has 0 bridgehead atoms. The van der Waals surface area contributed by atoms with Crippen LogP contribution in [-0.2, 0) is 0 Å². The normalized spacial score (nSPS) is 12.3. The molecule has 0 fully saturated rings. The van der Waals surface area contributed by atoms with Gasteiger partial charge in [-0.3, -0.25) is 4.57 Å². The monoisotopic (exact) mass is 779 g/mol. The molecule has 4 heterocycles. The lowest BCUT2D eigenvalue weighted by molar-refractivity contribution is 0.672. The van der Waals surface area contributed by atoms with Gasteiger partial charge in [-0.2, -0.15) is 9.97 Å². The number of aromatic nitrogens is 5. The van der Waals surface area contributed by atoms with Gasteiger partial charge in [0, 0.05) is 38.4 Å². The fourth-order valence-corrected chi connectivity index (χ4v) is 9.11. The zero-order chi connectivity index (χ0) is 40.8. The fourth-order valence-electron chi connectivity index (χ4n) is 9.11. The number of hydrogen-bond acceptors (Lipinski definition) is 4. The number of hydrogen-bond donors (Lipinski definition) is 0. The molecule has 0 atom stereocenters. The number of fused-ring (bicyclic) bond motifs is 12. The Morgan fingerprint density at radius 1 is 0.433 bits per heavy atom. The lowest BCUT2D eigenvalue weighted by atomic mass is 9.96. The molecule has 60 heavy (non-hydrogen) atoms. The Labute approximate surface area is 348 Å². The molecule has 0 aliphatic heterocycles. The topological polar surface area (TPSA) is 61.7 Å². The third kappa shape index (κ3) is 5.51. The van der Waals surface area contributed by atoms with Crippen molar-refractivity contribution in [3.05, 3.63) is 162 Å². The minimum absolute atomic E-state index is 0.315. The molecule has 0 saturated heterocycles. The summed E-state index contributed by atoms with van der Waals surface area (Å²) in [5.41, 5.74) is 12.8. The summed E-state index contributed by atoms with van der Waals surface area (Å²) < 4.78 is 12.0. The Balaban J connectivity index is 1.44. The number of para-hydroxylation sites is 1. The van der Waals surface area contributed by atoms with Crippen molar-refractivity contribution < 1.29 is 4.42 Å². The summed E-state index contributed by atoms with van der Waals surface area (Å²) in [6.45, 7) is 13.6. The van der Waals surface area contributed by atoms with Crippen molar-refractivity contribution >= 4 is 65.6 Å². The first-order chi connectivity index (χ1) is 29.2. The van der Waals surface area contributed by atoms with Crippen LogP contribution in [0.1, 0.15) is 76.0 Å². The largest absolute Gasteiger partial charge is 0.455 e. The molecule has 0 spiro atoms. The van der Waals surface area contributed by atoms with E-state index >= 15 is 0 Å². The summed E-state index contributed by atoms with van der Waals surface area (Å²) in [4.78, 5) is 15.9. The summed E-state index contributed by atoms with van der Waals surface area (Å²) in [5.74, 6) is 2.78. The van der Waals surface area contributed by atoms with Gasteiger partial charge in [0.1, 0.15) is 11.2 Å². The van der Waals surface area contributed by atoms with Gasteiger partial charge in [-0.15, -0.1) is 0 Å². The molecule has 4 aromatic heterocycles. The number of benzene rings is 7. The van der Waals surface area contributed by atoms with E-state index in [1.165, 1.54) is 22.1 Å². The predicted molar refractivity (Wildman–Crippen MR) is 249 cm³/mol. The molecule has 0 radical (unpaired) electrons. The molecule has 11 rings (SSSR count).